The third kappa shape index (κ3) is 9.27. The Balaban J connectivity index is 2.26. The van der Waals surface area contributed by atoms with Gasteiger partial charge in [-0.1, -0.05) is 31.8 Å². The van der Waals surface area contributed by atoms with Crippen LogP contribution in [0.25, 0.3) is 0 Å². The van der Waals surface area contributed by atoms with E-state index in [1.807, 2.05) is 6.08 Å². The summed E-state index contributed by atoms with van der Waals surface area (Å²) < 4.78 is 4.62. The van der Waals surface area contributed by atoms with E-state index in [0.29, 0.717) is 25.0 Å². The van der Waals surface area contributed by atoms with Gasteiger partial charge in [0.25, 0.3) is 0 Å². The summed E-state index contributed by atoms with van der Waals surface area (Å²) in [5.41, 5.74) is 0. The molecule has 0 amide bonds. The Labute approximate surface area is 157 Å². The average molecular weight is 366 g/mol. The molecule has 1 rings (SSSR count). The number of unbranched alkanes of at least 4 members (excludes halogenated alkanes) is 5. The average Bonchev–Trinajstić information content (AvgIpc) is 2.99. The standard InChI is InChI=1S/C21H34O5/c1-26-21(25)11-7-3-2-6-10-19-17(13-15-20(19)24)12-14-18(23)9-5-4-8-16-22/h12,14,17,19,22H,2-11,13,15-16H2,1H3. The van der Waals surface area contributed by atoms with Crippen molar-refractivity contribution in [3.05, 3.63) is 12.2 Å². The van der Waals surface area contributed by atoms with E-state index in [1.165, 1.54) is 7.11 Å². The van der Waals surface area contributed by atoms with Gasteiger partial charge in [0.15, 0.2) is 5.78 Å². The second-order valence-corrected chi connectivity index (χ2v) is 7.16. The molecule has 26 heavy (non-hydrogen) atoms. The summed E-state index contributed by atoms with van der Waals surface area (Å²) in [6, 6.07) is 0. The van der Waals surface area contributed by atoms with Gasteiger partial charge in [0.1, 0.15) is 5.78 Å². The molecule has 1 aliphatic carbocycles. The molecule has 1 saturated carbocycles. The summed E-state index contributed by atoms with van der Waals surface area (Å²) in [7, 11) is 1.40. The van der Waals surface area contributed by atoms with Crippen LogP contribution in [0, 0.1) is 11.8 Å². The van der Waals surface area contributed by atoms with Crippen molar-refractivity contribution in [1.29, 1.82) is 0 Å². The van der Waals surface area contributed by atoms with E-state index in [4.69, 9.17) is 5.11 Å². The number of rotatable bonds is 14. The highest BCUT2D eigenvalue weighted by Crippen LogP contribution is 2.33. The summed E-state index contributed by atoms with van der Waals surface area (Å²) in [6.07, 6.45) is 13.2. The molecule has 0 heterocycles. The van der Waals surface area contributed by atoms with Crippen LogP contribution in [0.1, 0.15) is 77.0 Å². The van der Waals surface area contributed by atoms with Gasteiger partial charge in [0, 0.05) is 31.8 Å². The first-order valence-corrected chi connectivity index (χ1v) is 10.00. The van der Waals surface area contributed by atoms with Crippen molar-refractivity contribution in [3.8, 4) is 0 Å². The van der Waals surface area contributed by atoms with E-state index >= 15 is 0 Å². The quantitative estimate of drug-likeness (QED) is 0.287. The van der Waals surface area contributed by atoms with Crippen LogP contribution >= 0.6 is 0 Å². The molecule has 0 radical (unpaired) electrons. The van der Waals surface area contributed by atoms with Crippen LogP contribution < -0.4 is 0 Å². The van der Waals surface area contributed by atoms with Gasteiger partial charge >= 0.3 is 5.97 Å². The van der Waals surface area contributed by atoms with Crippen molar-refractivity contribution in [3.63, 3.8) is 0 Å². The minimum atomic E-state index is -0.165. The van der Waals surface area contributed by atoms with E-state index in [-0.39, 0.29) is 30.2 Å². The molecule has 0 aromatic rings. The fraction of sp³-hybridized carbons (Fsp3) is 0.762. The molecule has 0 spiro atoms. The number of aliphatic hydroxyl groups is 1. The summed E-state index contributed by atoms with van der Waals surface area (Å²) in [4.78, 5) is 35.1. The number of carbonyl (C=O) groups excluding carboxylic acids is 3. The third-order valence-corrected chi connectivity index (χ3v) is 5.14. The Morgan fingerprint density at radius 3 is 2.50 bits per heavy atom. The predicted molar refractivity (Wildman–Crippen MR) is 101 cm³/mol. The van der Waals surface area contributed by atoms with Crippen molar-refractivity contribution < 1.29 is 24.2 Å². The van der Waals surface area contributed by atoms with Gasteiger partial charge in [-0.05, 0) is 44.1 Å². The topological polar surface area (TPSA) is 80.7 Å². The number of carbonyl (C=O) groups is 3. The van der Waals surface area contributed by atoms with Crippen LogP contribution in [0.2, 0.25) is 0 Å². The van der Waals surface area contributed by atoms with Crippen LogP contribution in [0.5, 0.6) is 0 Å². The molecule has 148 valence electrons. The van der Waals surface area contributed by atoms with Crippen molar-refractivity contribution >= 4 is 17.5 Å². The van der Waals surface area contributed by atoms with E-state index in [0.717, 1.165) is 57.8 Å². The second-order valence-electron chi connectivity index (χ2n) is 7.16. The van der Waals surface area contributed by atoms with Crippen LogP contribution in [-0.2, 0) is 19.1 Å². The first-order chi connectivity index (χ1) is 12.6. The molecule has 2 atom stereocenters. The molecule has 0 bridgehead atoms. The molecular formula is C21H34O5. The fourth-order valence-corrected chi connectivity index (χ4v) is 3.53. The number of hydrogen-bond donors (Lipinski definition) is 1. The maximum atomic E-state index is 12.1. The monoisotopic (exact) mass is 366 g/mol. The highest BCUT2D eigenvalue weighted by atomic mass is 16.5. The minimum Gasteiger partial charge on any atom is -0.469 e. The highest BCUT2D eigenvalue weighted by Gasteiger charge is 2.32. The fourth-order valence-electron chi connectivity index (χ4n) is 3.53. The first kappa shape index (κ1) is 22.6. The van der Waals surface area contributed by atoms with Gasteiger partial charge in [-0.3, -0.25) is 14.4 Å². The van der Waals surface area contributed by atoms with Gasteiger partial charge < -0.3 is 9.84 Å². The lowest BCUT2D eigenvalue weighted by atomic mass is 9.89. The Morgan fingerprint density at radius 2 is 1.77 bits per heavy atom. The molecule has 5 nitrogen and oxygen atoms in total. The SMILES string of the molecule is COC(=O)CCCCCCC1C(=O)CCC1C=CC(=O)CCCCCO. The molecule has 0 aliphatic heterocycles. The Bertz CT molecular complexity index is 469. The van der Waals surface area contributed by atoms with Gasteiger partial charge in [0.2, 0.25) is 0 Å². The lowest BCUT2D eigenvalue weighted by Crippen LogP contribution is -2.13. The van der Waals surface area contributed by atoms with Crippen molar-refractivity contribution in [2.24, 2.45) is 11.8 Å². The number of esters is 1. The Hall–Kier alpha value is -1.49. The lowest BCUT2D eigenvalue weighted by molar-refractivity contribution is -0.140. The van der Waals surface area contributed by atoms with E-state index in [9.17, 15) is 14.4 Å². The van der Waals surface area contributed by atoms with Crippen molar-refractivity contribution in [2.75, 3.05) is 13.7 Å². The number of allylic oxidation sites excluding steroid dienone is 2. The van der Waals surface area contributed by atoms with Gasteiger partial charge in [0.05, 0.1) is 7.11 Å². The smallest absolute Gasteiger partial charge is 0.305 e. The maximum Gasteiger partial charge on any atom is 0.305 e. The molecule has 0 saturated heterocycles. The van der Waals surface area contributed by atoms with E-state index in [2.05, 4.69) is 4.74 Å². The Kier molecular flexibility index (Phi) is 11.9. The molecule has 1 aliphatic rings. The number of aliphatic hydroxyl groups excluding tert-OH is 1. The Morgan fingerprint density at radius 1 is 1.08 bits per heavy atom. The summed E-state index contributed by atoms with van der Waals surface area (Å²) in [5.74, 6) is 0.517. The second kappa shape index (κ2) is 13.7. The zero-order valence-corrected chi connectivity index (χ0v) is 16.1. The number of ketones is 2. The van der Waals surface area contributed by atoms with Gasteiger partial charge in [-0.2, -0.15) is 0 Å². The van der Waals surface area contributed by atoms with Gasteiger partial charge in [-0.15, -0.1) is 0 Å². The summed E-state index contributed by atoms with van der Waals surface area (Å²) >= 11 is 0. The zero-order valence-electron chi connectivity index (χ0n) is 16.1. The lowest BCUT2D eigenvalue weighted by Gasteiger charge is -2.14. The van der Waals surface area contributed by atoms with Crippen LogP contribution in [0.15, 0.2) is 12.2 Å². The first-order valence-electron chi connectivity index (χ1n) is 10.00. The maximum absolute atomic E-state index is 12.1. The molecular weight excluding hydrogens is 332 g/mol. The molecule has 0 aromatic heterocycles. The van der Waals surface area contributed by atoms with E-state index < -0.39 is 0 Å². The van der Waals surface area contributed by atoms with E-state index in [1.54, 1.807) is 6.08 Å². The zero-order chi connectivity index (χ0) is 19.2. The largest absolute Gasteiger partial charge is 0.469 e. The third-order valence-electron chi connectivity index (χ3n) is 5.14. The minimum absolute atomic E-state index is 0.0500. The number of hydrogen-bond acceptors (Lipinski definition) is 5. The number of Topliss-reactive ketones (excluding diaryl/α,β-unsaturated/α-hetero) is 1. The number of ether oxygens (including phenoxy) is 1. The van der Waals surface area contributed by atoms with Crippen molar-refractivity contribution in [1.82, 2.24) is 0 Å². The number of methoxy groups -OCH3 is 1. The normalized spacial score (nSPS) is 20.0. The van der Waals surface area contributed by atoms with Crippen molar-refractivity contribution in [2.45, 2.75) is 77.0 Å². The molecule has 0 aromatic carbocycles. The van der Waals surface area contributed by atoms with Crippen LogP contribution in [0.4, 0.5) is 0 Å². The van der Waals surface area contributed by atoms with Crippen LogP contribution in [0.3, 0.4) is 0 Å². The van der Waals surface area contributed by atoms with Gasteiger partial charge in [-0.25, -0.2) is 0 Å². The highest BCUT2D eigenvalue weighted by molar-refractivity contribution is 5.90. The molecule has 5 heteroatoms. The summed E-state index contributed by atoms with van der Waals surface area (Å²) in [6.45, 7) is 0.179. The molecule has 1 fully saturated rings. The summed E-state index contributed by atoms with van der Waals surface area (Å²) in [5, 5.41) is 8.74. The predicted octanol–water partition coefficient (Wildman–Crippen LogP) is 3.77. The molecule has 2 unspecified atom stereocenters. The molecule has 1 N–H and O–H groups in total. The van der Waals surface area contributed by atoms with Crippen LogP contribution in [-0.4, -0.2) is 36.4 Å².